The molecule has 0 aliphatic rings. The Morgan fingerprint density at radius 1 is 1.41 bits per heavy atom. The van der Waals surface area contributed by atoms with Crippen LogP contribution >= 0.6 is 0 Å². The van der Waals surface area contributed by atoms with Crippen molar-refractivity contribution in [3.63, 3.8) is 0 Å². The molecule has 0 aliphatic heterocycles. The van der Waals surface area contributed by atoms with Crippen molar-refractivity contribution in [2.45, 2.75) is 45.3 Å². The van der Waals surface area contributed by atoms with Gasteiger partial charge in [-0.3, -0.25) is 4.68 Å². The topological polar surface area (TPSA) is 70.3 Å². The maximum atomic E-state index is 9.38. The van der Waals surface area contributed by atoms with E-state index >= 15 is 0 Å². The smallest absolute Gasteiger partial charge is 0.0650 e. The van der Waals surface area contributed by atoms with Crippen molar-refractivity contribution in [3.8, 4) is 0 Å². The Morgan fingerprint density at radius 3 is 2.47 bits per heavy atom. The molecule has 3 N–H and O–H groups in total. The number of aryl methyl sites for hydroxylation is 1. The molecule has 1 rings (SSSR count). The lowest BCUT2D eigenvalue weighted by atomic mass is 9.96. The number of hydrogen-bond acceptors (Lipinski definition) is 4. The van der Waals surface area contributed by atoms with Gasteiger partial charge in [0.1, 0.15) is 0 Å². The monoisotopic (exact) mass is 241 g/mol. The van der Waals surface area contributed by atoms with Gasteiger partial charge in [0.25, 0.3) is 0 Å². The molecule has 98 valence electrons. The molecule has 0 fully saturated rings. The molecule has 17 heavy (non-hydrogen) atoms. The van der Waals surface area contributed by atoms with Crippen LogP contribution in [0.15, 0.2) is 12.4 Å². The van der Waals surface area contributed by atoms with E-state index in [2.05, 4.69) is 10.4 Å². The average molecular weight is 241 g/mol. The molecule has 1 atom stereocenters. The summed E-state index contributed by atoms with van der Waals surface area (Å²) in [6, 6.07) is 0.0505. The predicted molar refractivity (Wildman–Crippen MR) is 66.6 cm³/mol. The Hall–Kier alpha value is -0.910. The Labute approximate surface area is 102 Å². The van der Waals surface area contributed by atoms with Crippen LogP contribution in [0.2, 0.25) is 0 Å². The number of nitrogens with zero attached hydrogens (tertiary/aromatic N) is 2. The molecule has 0 amide bonds. The first kappa shape index (κ1) is 14.2. The van der Waals surface area contributed by atoms with Crippen LogP contribution in [0.5, 0.6) is 0 Å². The second kappa shape index (κ2) is 6.14. The summed E-state index contributed by atoms with van der Waals surface area (Å²) in [5.41, 5.74) is 0.444. The molecule has 0 aromatic carbocycles. The highest BCUT2D eigenvalue weighted by atomic mass is 16.3. The van der Waals surface area contributed by atoms with E-state index < -0.39 is 5.54 Å². The third-order valence-electron chi connectivity index (χ3n) is 3.28. The van der Waals surface area contributed by atoms with Crippen LogP contribution in [-0.4, -0.2) is 38.7 Å². The quantitative estimate of drug-likeness (QED) is 0.657. The molecule has 1 aromatic heterocycles. The Kier molecular flexibility index (Phi) is 5.11. The number of nitrogens with one attached hydrogen (secondary N) is 1. The average Bonchev–Trinajstić information content (AvgIpc) is 2.85. The zero-order valence-electron chi connectivity index (χ0n) is 10.8. The predicted octanol–water partition coefficient (Wildman–Crippen LogP) is 0.687. The summed E-state index contributed by atoms with van der Waals surface area (Å²) < 4.78 is 1.86. The maximum Gasteiger partial charge on any atom is 0.0650 e. The van der Waals surface area contributed by atoms with Crippen LogP contribution in [0.25, 0.3) is 0 Å². The van der Waals surface area contributed by atoms with Crippen LogP contribution < -0.4 is 5.32 Å². The summed E-state index contributed by atoms with van der Waals surface area (Å²) in [5.74, 6) is 0. The van der Waals surface area contributed by atoms with Gasteiger partial charge in [-0.15, -0.1) is 0 Å². The molecule has 0 saturated carbocycles. The molecule has 5 heteroatoms. The Bertz CT molecular complexity index is 326. The van der Waals surface area contributed by atoms with Crippen molar-refractivity contribution in [2.75, 3.05) is 13.2 Å². The molecule has 0 radical (unpaired) electrons. The van der Waals surface area contributed by atoms with Gasteiger partial charge in [-0.1, -0.05) is 6.92 Å². The molecule has 1 aromatic rings. The van der Waals surface area contributed by atoms with Crippen molar-refractivity contribution in [1.82, 2.24) is 15.1 Å². The molecule has 5 nitrogen and oxygen atoms in total. The molecule has 0 aliphatic carbocycles. The van der Waals surface area contributed by atoms with Crippen molar-refractivity contribution in [3.05, 3.63) is 18.0 Å². The number of aliphatic hydroxyl groups excluding tert-OH is 2. The normalized spacial score (nSPS) is 13.9. The van der Waals surface area contributed by atoms with E-state index in [4.69, 9.17) is 0 Å². The van der Waals surface area contributed by atoms with Crippen LogP contribution in [-0.2, 0) is 6.54 Å². The van der Waals surface area contributed by atoms with Crippen molar-refractivity contribution in [1.29, 1.82) is 0 Å². The Balaban J connectivity index is 2.73. The van der Waals surface area contributed by atoms with E-state index in [0.29, 0.717) is 6.42 Å². The fourth-order valence-electron chi connectivity index (χ4n) is 1.79. The summed E-state index contributed by atoms with van der Waals surface area (Å²) in [6.45, 7) is 6.67. The fraction of sp³-hybridized carbons (Fsp3) is 0.750. The van der Waals surface area contributed by atoms with Gasteiger partial charge in [0, 0.05) is 24.3 Å². The standard InChI is InChI=1S/C12H23N3O2/c1-4-12(8-16,9-17)14-10(3)11-6-13-15(5-2)7-11/h6-7,10,14,16-17H,4-5,8-9H2,1-3H3. The Morgan fingerprint density at radius 2 is 2.06 bits per heavy atom. The lowest BCUT2D eigenvalue weighted by molar-refractivity contribution is 0.0793. The van der Waals surface area contributed by atoms with E-state index in [0.717, 1.165) is 12.1 Å². The highest BCUT2D eigenvalue weighted by Crippen LogP contribution is 2.18. The lowest BCUT2D eigenvalue weighted by Gasteiger charge is -2.33. The van der Waals surface area contributed by atoms with E-state index in [9.17, 15) is 10.2 Å². The zero-order valence-corrected chi connectivity index (χ0v) is 10.8. The number of hydrogen-bond donors (Lipinski definition) is 3. The molecule has 0 saturated heterocycles. The van der Waals surface area contributed by atoms with Crippen molar-refractivity contribution in [2.24, 2.45) is 0 Å². The second-order valence-electron chi connectivity index (χ2n) is 4.45. The first-order valence-corrected chi connectivity index (χ1v) is 6.12. The van der Waals surface area contributed by atoms with Gasteiger partial charge in [0.15, 0.2) is 0 Å². The molecule has 1 unspecified atom stereocenters. The molecule has 0 spiro atoms. The van der Waals surface area contributed by atoms with Gasteiger partial charge < -0.3 is 15.5 Å². The molecular formula is C12H23N3O2. The van der Waals surface area contributed by atoms with E-state index in [-0.39, 0.29) is 19.3 Å². The zero-order chi connectivity index (χ0) is 12.9. The van der Waals surface area contributed by atoms with Crippen LogP contribution in [0.1, 0.15) is 38.8 Å². The first-order chi connectivity index (χ1) is 8.10. The fourth-order valence-corrected chi connectivity index (χ4v) is 1.79. The lowest BCUT2D eigenvalue weighted by Crippen LogP contribution is -2.52. The summed E-state index contributed by atoms with van der Waals surface area (Å²) >= 11 is 0. The van der Waals surface area contributed by atoms with Gasteiger partial charge in [0.05, 0.1) is 24.9 Å². The van der Waals surface area contributed by atoms with Gasteiger partial charge in [-0.2, -0.15) is 5.10 Å². The summed E-state index contributed by atoms with van der Waals surface area (Å²) in [7, 11) is 0. The molecule has 0 bridgehead atoms. The third kappa shape index (κ3) is 3.28. The third-order valence-corrected chi connectivity index (χ3v) is 3.28. The summed E-state index contributed by atoms with van der Waals surface area (Å²) in [6.07, 6.45) is 4.47. The van der Waals surface area contributed by atoms with Gasteiger partial charge in [-0.05, 0) is 20.3 Å². The van der Waals surface area contributed by atoms with Gasteiger partial charge >= 0.3 is 0 Å². The first-order valence-electron chi connectivity index (χ1n) is 6.12. The number of rotatable bonds is 7. The van der Waals surface area contributed by atoms with Crippen molar-refractivity contribution < 1.29 is 10.2 Å². The largest absolute Gasteiger partial charge is 0.394 e. The second-order valence-corrected chi connectivity index (χ2v) is 4.45. The van der Waals surface area contributed by atoms with E-state index in [1.807, 2.05) is 37.8 Å². The minimum atomic E-state index is -0.617. The molecule has 1 heterocycles. The van der Waals surface area contributed by atoms with Crippen LogP contribution in [0, 0.1) is 0 Å². The van der Waals surface area contributed by atoms with Crippen LogP contribution in [0.4, 0.5) is 0 Å². The van der Waals surface area contributed by atoms with E-state index in [1.165, 1.54) is 0 Å². The van der Waals surface area contributed by atoms with Gasteiger partial charge in [-0.25, -0.2) is 0 Å². The van der Waals surface area contributed by atoms with Crippen LogP contribution in [0.3, 0.4) is 0 Å². The minimum absolute atomic E-state index is 0.0505. The highest BCUT2D eigenvalue weighted by molar-refractivity contribution is 5.10. The summed E-state index contributed by atoms with van der Waals surface area (Å²) in [5, 5.41) is 26.3. The molecular weight excluding hydrogens is 218 g/mol. The highest BCUT2D eigenvalue weighted by Gasteiger charge is 2.28. The SMILES string of the molecule is CCn1cc(C(C)NC(CC)(CO)CO)cn1. The minimum Gasteiger partial charge on any atom is -0.394 e. The van der Waals surface area contributed by atoms with E-state index in [1.54, 1.807) is 0 Å². The number of aromatic nitrogens is 2. The van der Waals surface area contributed by atoms with Gasteiger partial charge in [0.2, 0.25) is 0 Å². The van der Waals surface area contributed by atoms with Crippen molar-refractivity contribution >= 4 is 0 Å². The maximum absolute atomic E-state index is 9.38. The number of aliphatic hydroxyl groups is 2. The summed E-state index contributed by atoms with van der Waals surface area (Å²) in [4.78, 5) is 0.